The Balaban J connectivity index is 2.04. The molecule has 1 unspecified atom stereocenters. The van der Waals surface area contributed by atoms with Crippen molar-refractivity contribution in [1.29, 1.82) is 0 Å². The van der Waals surface area contributed by atoms with Crippen LogP contribution in [0.5, 0.6) is 0 Å². The van der Waals surface area contributed by atoms with Gasteiger partial charge < -0.3 is 10.6 Å². The van der Waals surface area contributed by atoms with Crippen molar-refractivity contribution in [3.63, 3.8) is 0 Å². The molecule has 0 saturated carbocycles. The van der Waals surface area contributed by atoms with Gasteiger partial charge in [-0.15, -0.1) is 0 Å². The molecule has 3 rings (SSSR count). The Morgan fingerprint density at radius 2 is 2.32 bits per heavy atom. The predicted molar refractivity (Wildman–Crippen MR) is 77.1 cm³/mol. The maximum Gasteiger partial charge on any atom is 0.202 e. The number of nitrogens with two attached hydrogens (primary N) is 1. The average molecular weight is 259 g/mol. The maximum atomic E-state index is 6.13. The molecule has 19 heavy (non-hydrogen) atoms. The van der Waals surface area contributed by atoms with E-state index in [4.69, 9.17) is 5.73 Å². The second-order valence-corrected chi connectivity index (χ2v) is 5.33. The monoisotopic (exact) mass is 259 g/mol. The van der Waals surface area contributed by atoms with Crippen LogP contribution in [0, 0.1) is 6.92 Å². The zero-order chi connectivity index (χ0) is 13.4. The van der Waals surface area contributed by atoms with E-state index in [9.17, 15) is 0 Å². The van der Waals surface area contributed by atoms with Crippen LogP contribution in [-0.4, -0.2) is 39.1 Å². The van der Waals surface area contributed by atoms with Gasteiger partial charge in [0.25, 0.3) is 0 Å². The van der Waals surface area contributed by atoms with Crippen LogP contribution in [0.3, 0.4) is 0 Å². The number of likely N-dealkylation sites (N-methyl/N-ethyl adjacent to an activating group) is 1. The van der Waals surface area contributed by atoms with E-state index in [2.05, 4.69) is 33.3 Å². The molecule has 3 heterocycles. The zero-order valence-electron chi connectivity index (χ0n) is 11.6. The molecule has 0 bridgehead atoms. The summed E-state index contributed by atoms with van der Waals surface area (Å²) < 4.78 is 2.13. The summed E-state index contributed by atoms with van der Waals surface area (Å²) >= 11 is 0. The Kier molecular flexibility index (Phi) is 3.14. The van der Waals surface area contributed by atoms with Gasteiger partial charge in [-0.3, -0.25) is 4.57 Å². The molecule has 0 aliphatic carbocycles. The van der Waals surface area contributed by atoms with Gasteiger partial charge in [-0.1, -0.05) is 6.92 Å². The van der Waals surface area contributed by atoms with Gasteiger partial charge in [0.05, 0.1) is 6.04 Å². The van der Waals surface area contributed by atoms with Gasteiger partial charge in [0.15, 0.2) is 5.65 Å². The lowest BCUT2D eigenvalue weighted by Gasteiger charge is -2.32. The van der Waals surface area contributed by atoms with Gasteiger partial charge in [0, 0.05) is 12.7 Å². The highest BCUT2D eigenvalue weighted by Crippen LogP contribution is 2.28. The summed E-state index contributed by atoms with van der Waals surface area (Å²) in [5.41, 5.74) is 9.14. The summed E-state index contributed by atoms with van der Waals surface area (Å²) in [5, 5.41) is 0. The van der Waals surface area contributed by atoms with E-state index in [1.807, 2.05) is 12.3 Å². The van der Waals surface area contributed by atoms with Gasteiger partial charge in [-0.2, -0.15) is 0 Å². The molecular formula is C14H21N5. The van der Waals surface area contributed by atoms with Crippen LogP contribution in [0.1, 0.15) is 31.4 Å². The smallest absolute Gasteiger partial charge is 0.202 e. The molecule has 5 nitrogen and oxygen atoms in total. The van der Waals surface area contributed by atoms with Crippen LogP contribution in [0.15, 0.2) is 12.3 Å². The third kappa shape index (κ3) is 2.08. The number of nitrogen functional groups attached to an aromatic ring is 1. The van der Waals surface area contributed by atoms with Gasteiger partial charge in [0.2, 0.25) is 5.95 Å². The number of anilines is 1. The van der Waals surface area contributed by atoms with E-state index in [0.717, 1.165) is 36.2 Å². The molecule has 0 aromatic carbocycles. The number of imidazole rings is 1. The molecule has 2 aromatic heterocycles. The Morgan fingerprint density at radius 3 is 3.11 bits per heavy atom. The lowest BCUT2D eigenvalue weighted by molar-refractivity contribution is 0.188. The highest BCUT2D eigenvalue weighted by atomic mass is 15.2. The Hall–Kier alpha value is -1.62. The van der Waals surface area contributed by atoms with Gasteiger partial charge in [-0.05, 0) is 44.5 Å². The maximum absolute atomic E-state index is 6.13. The van der Waals surface area contributed by atoms with Crippen molar-refractivity contribution in [2.75, 3.05) is 25.4 Å². The topological polar surface area (TPSA) is 60.0 Å². The molecule has 1 saturated heterocycles. The van der Waals surface area contributed by atoms with Crippen LogP contribution in [0.4, 0.5) is 5.95 Å². The lowest BCUT2D eigenvalue weighted by Crippen LogP contribution is -2.36. The van der Waals surface area contributed by atoms with Gasteiger partial charge in [-0.25, -0.2) is 9.97 Å². The normalized spacial score (nSPS) is 21.1. The third-order valence-corrected chi connectivity index (χ3v) is 4.10. The number of rotatable bonds is 2. The van der Waals surface area contributed by atoms with Crippen LogP contribution >= 0.6 is 0 Å². The van der Waals surface area contributed by atoms with Crippen molar-refractivity contribution < 1.29 is 0 Å². The Morgan fingerprint density at radius 1 is 1.47 bits per heavy atom. The molecule has 5 heteroatoms. The molecule has 1 aliphatic heterocycles. The van der Waals surface area contributed by atoms with Crippen molar-refractivity contribution in [2.24, 2.45) is 0 Å². The molecule has 0 radical (unpaired) electrons. The van der Waals surface area contributed by atoms with E-state index in [0.29, 0.717) is 12.0 Å². The van der Waals surface area contributed by atoms with Gasteiger partial charge in [0.1, 0.15) is 5.52 Å². The molecular weight excluding hydrogens is 238 g/mol. The highest BCUT2D eigenvalue weighted by Gasteiger charge is 2.24. The summed E-state index contributed by atoms with van der Waals surface area (Å²) in [5.74, 6) is 0.597. The minimum Gasteiger partial charge on any atom is -0.369 e. The average Bonchev–Trinajstić information content (AvgIpc) is 2.77. The van der Waals surface area contributed by atoms with Crippen molar-refractivity contribution >= 4 is 17.1 Å². The molecule has 0 spiro atoms. The molecule has 0 amide bonds. The minimum absolute atomic E-state index is 0.396. The highest BCUT2D eigenvalue weighted by molar-refractivity contribution is 5.77. The first-order chi connectivity index (χ1) is 9.20. The summed E-state index contributed by atoms with van der Waals surface area (Å²) in [6, 6.07) is 2.38. The summed E-state index contributed by atoms with van der Waals surface area (Å²) in [6.07, 6.45) is 4.21. The summed E-state index contributed by atoms with van der Waals surface area (Å²) in [4.78, 5) is 11.5. The van der Waals surface area contributed by atoms with Crippen LogP contribution < -0.4 is 5.73 Å². The van der Waals surface area contributed by atoms with Crippen LogP contribution in [0.2, 0.25) is 0 Å². The van der Waals surface area contributed by atoms with Crippen molar-refractivity contribution in [3.05, 3.63) is 17.8 Å². The fraction of sp³-hybridized carbons (Fsp3) is 0.571. The fourth-order valence-electron chi connectivity index (χ4n) is 3.02. The minimum atomic E-state index is 0.396. The Bertz CT molecular complexity index is 589. The molecule has 1 atom stereocenters. The van der Waals surface area contributed by atoms with Crippen molar-refractivity contribution in [3.8, 4) is 0 Å². The predicted octanol–water partition coefficient (Wildman–Crippen LogP) is 1.98. The quantitative estimate of drug-likeness (QED) is 0.896. The first kappa shape index (κ1) is 12.4. The zero-order valence-corrected chi connectivity index (χ0v) is 11.6. The second kappa shape index (κ2) is 4.81. The van der Waals surface area contributed by atoms with E-state index in [-0.39, 0.29) is 0 Å². The third-order valence-electron chi connectivity index (χ3n) is 4.10. The van der Waals surface area contributed by atoms with Crippen LogP contribution in [-0.2, 0) is 0 Å². The number of likely N-dealkylation sites (tertiary alicyclic amines) is 1. The first-order valence-electron chi connectivity index (χ1n) is 7.02. The van der Waals surface area contributed by atoms with E-state index >= 15 is 0 Å². The molecule has 2 aromatic rings. The van der Waals surface area contributed by atoms with Crippen molar-refractivity contribution in [2.45, 2.75) is 32.7 Å². The van der Waals surface area contributed by atoms with Crippen LogP contribution in [0.25, 0.3) is 11.2 Å². The molecule has 1 fully saturated rings. The number of piperidine rings is 1. The summed E-state index contributed by atoms with van der Waals surface area (Å²) in [6.45, 7) is 7.59. The summed E-state index contributed by atoms with van der Waals surface area (Å²) in [7, 11) is 0. The van der Waals surface area contributed by atoms with Crippen molar-refractivity contribution in [1.82, 2.24) is 19.4 Å². The number of hydrogen-bond acceptors (Lipinski definition) is 4. The second-order valence-electron chi connectivity index (χ2n) is 5.33. The number of hydrogen-bond donors (Lipinski definition) is 1. The van der Waals surface area contributed by atoms with E-state index in [1.54, 1.807) is 0 Å². The van der Waals surface area contributed by atoms with E-state index < -0.39 is 0 Å². The van der Waals surface area contributed by atoms with E-state index in [1.165, 1.54) is 13.0 Å². The number of aromatic nitrogens is 3. The molecule has 102 valence electrons. The standard InChI is InChI=1S/C14H21N5/c1-3-18-8-4-5-11(9-18)19-13-12(17-14(19)15)10(2)6-7-16-13/h6-7,11H,3-5,8-9H2,1-2H3,(H2,15,17). The molecule has 1 aliphatic rings. The van der Waals surface area contributed by atoms with Gasteiger partial charge >= 0.3 is 0 Å². The Labute approximate surface area is 113 Å². The number of pyridine rings is 1. The number of fused-ring (bicyclic) bond motifs is 1. The fourth-order valence-corrected chi connectivity index (χ4v) is 3.02. The number of nitrogens with zero attached hydrogens (tertiary/aromatic N) is 4. The molecule has 2 N–H and O–H groups in total. The largest absolute Gasteiger partial charge is 0.369 e. The first-order valence-corrected chi connectivity index (χ1v) is 7.02. The number of aryl methyl sites for hydroxylation is 1. The lowest BCUT2D eigenvalue weighted by atomic mass is 10.1. The SMILES string of the molecule is CCN1CCCC(n2c(N)nc3c(C)ccnc32)C1.